The Labute approximate surface area is 209 Å². The Hall–Kier alpha value is -2.97. The van der Waals surface area contributed by atoms with Crippen LogP contribution < -0.4 is 0 Å². The number of piperidine rings is 1. The normalized spacial score (nSPS) is 26.2. The van der Waals surface area contributed by atoms with Gasteiger partial charge in [-0.2, -0.15) is 13.2 Å². The van der Waals surface area contributed by atoms with Gasteiger partial charge in [0.2, 0.25) is 5.91 Å². The second kappa shape index (κ2) is 9.82. The minimum atomic E-state index is -4.31. The van der Waals surface area contributed by atoms with E-state index in [1.54, 1.807) is 11.1 Å². The number of aliphatic imine (C=N–C) groups is 1. The van der Waals surface area contributed by atoms with E-state index in [4.69, 9.17) is 4.99 Å². The van der Waals surface area contributed by atoms with Crippen molar-refractivity contribution in [3.05, 3.63) is 53.9 Å². The fourth-order valence-corrected chi connectivity index (χ4v) is 5.88. The summed E-state index contributed by atoms with van der Waals surface area (Å²) in [5.74, 6) is -1.86. The van der Waals surface area contributed by atoms with Crippen LogP contribution in [-0.4, -0.2) is 63.8 Å². The lowest BCUT2D eigenvalue weighted by Gasteiger charge is -2.40. The van der Waals surface area contributed by atoms with Crippen molar-refractivity contribution in [3.63, 3.8) is 0 Å². The van der Waals surface area contributed by atoms with Crippen LogP contribution in [0.15, 0.2) is 53.2 Å². The first-order valence-corrected chi connectivity index (χ1v) is 12.8. The largest absolute Gasteiger partial charge is 0.395 e. The van der Waals surface area contributed by atoms with Gasteiger partial charge in [-0.3, -0.25) is 19.6 Å². The molecule has 2 atom stereocenters. The van der Waals surface area contributed by atoms with E-state index in [1.807, 2.05) is 23.1 Å². The molecule has 2 unspecified atom stereocenters. The van der Waals surface area contributed by atoms with Crippen molar-refractivity contribution in [1.82, 2.24) is 14.8 Å². The number of halogens is 3. The summed E-state index contributed by atoms with van der Waals surface area (Å²) < 4.78 is 39.3. The fourth-order valence-electron chi connectivity index (χ4n) is 5.88. The van der Waals surface area contributed by atoms with Crippen molar-refractivity contribution in [2.75, 3.05) is 19.6 Å². The second-order valence-electron chi connectivity index (χ2n) is 10.2. The van der Waals surface area contributed by atoms with Crippen molar-refractivity contribution in [1.29, 1.82) is 0 Å². The van der Waals surface area contributed by atoms with Gasteiger partial charge in [0.15, 0.2) is 0 Å². The van der Waals surface area contributed by atoms with Gasteiger partial charge in [0.1, 0.15) is 17.9 Å². The average Bonchev–Trinajstić information content (AvgIpc) is 3.15. The van der Waals surface area contributed by atoms with Crippen LogP contribution in [0.5, 0.6) is 0 Å². The number of nitrogens with zero attached hydrogens (tertiary/aromatic N) is 4. The zero-order valence-corrected chi connectivity index (χ0v) is 20.2. The molecule has 9 heteroatoms. The summed E-state index contributed by atoms with van der Waals surface area (Å²) in [6, 6.07) is 5.80. The quantitative estimate of drug-likeness (QED) is 0.597. The number of amides is 2. The molecule has 6 nitrogen and oxygen atoms in total. The highest BCUT2D eigenvalue weighted by Crippen LogP contribution is 2.41. The molecule has 1 spiro atoms. The van der Waals surface area contributed by atoms with Crippen molar-refractivity contribution in [3.8, 4) is 0 Å². The number of likely N-dealkylation sites (tertiary alicyclic amines) is 1. The molecule has 2 amide bonds. The molecule has 0 bridgehead atoms. The minimum Gasteiger partial charge on any atom is -0.340 e. The van der Waals surface area contributed by atoms with Crippen LogP contribution in [0.1, 0.15) is 63.0 Å². The van der Waals surface area contributed by atoms with E-state index in [0.717, 1.165) is 43.9 Å². The maximum atomic E-state index is 13.6. The van der Waals surface area contributed by atoms with Crippen molar-refractivity contribution in [2.24, 2.45) is 10.9 Å². The number of pyridine rings is 1. The standard InChI is InChI=1S/C27H31F3N4O2/c28-27(29,30)21-11-9-19(10-12-21)24-25(36)34(26(32-24)13-3-1-4-14-26)18-23(35)33-16-6-7-20(17-33)22-8-2-5-15-31-22/h2,5,8-11,15,20-21H,1,3-4,6-7,12-14,16-18H2. The maximum Gasteiger partial charge on any atom is 0.395 e. The number of aromatic nitrogens is 1. The lowest BCUT2D eigenvalue weighted by atomic mass is 9.88. The number of carbonyl (C=O) groups is 2. The van der Waals surface area contributed by atoms with Gasteiger partial charge in [-0.25, -0.2) is 0 Å². The molecule has 1 saturated heterocycles. The Morgan fingerprint density at radius 1 is 1.14 bits per heavy atom. The summed E-state index contributed by atoms with van der Waals surface area (Å²) in [7, 11) is 0. The van der Waals surface area contributed by atoms with Crippen molar-refractivity contribution >= 4 is 17.5 Å². The number of hydrogen-bond acceptors (Lipinski definition) is 4. The first-order chi connectivity index (χ1) is 17.3. The number of hydrogen-bond donors (Lipinski definition) is 0. The van der Waals surface area contributed by atoms with Crippen molar-refractivity contribution < 1.29 is 22.8 Å². The van der Waals surface area contributed by atoms with Crippen molar-refractivity contribution in [2.45, 2.75) is 69.1 Å². The first kappa shape index (κ1) is 24.7. The molecule has 0 N–H and O–H groups in total. The van der Waals surface area contributed by atoms with Crippen LogP contribution in [0, 0.1) is 5.92 Å². The van der Waals surface area contributed by atoms with E-state index >= 15 is 0 Å². The van der Waals surface area contributed by atoms with E-state index in [0.29, 0.717) is 31.5 Å². The van der Waals surface area contributed by atoms with Crippen LogP contribution in [0.2, 0.25) is 0 Å². The molecule has 2 aliphatic heterocycles. The predicted octanol–water partition coefficient (Wildman–Crippen LogP) is 4.80. The monoisotopic (exact) mass is 500 g/mol. The summed E-state index contributed by atoms with van der Waals surface area (Å²) in [5.41, 5.74) is 0.793. The first-order valence-electron chi connectivity index (χ1n) is 12.8. The van der Waals surface area contributed by atoms with Gasteiger partial charge in [0, 0.05) is 36.5 Å². The molecule has 192 valence electrons. The third-order valence-electron chi connectivity index (χ3n) is 7.89. The molecule has 0 radical (unpaired) electrons. The fraction of sp³-hybridized carbons (Fsp3) is 0.556. The molecular weight excluding hydrogens is 469 g/mol. The van der Waals surface area contributed by atoms with Gasteiger partial charge < -0.3 is 9.80 Å². The Morgan fingerprint density at radius 3 is 2.61 bits per heavy atom. The van der Waals surface area contributed by atoms with Gasteiger partial charge in [0.25, 0.3) is 5.91 Å². The number of rotatable bonds is 4. The molecule has 2 fully saturated rings. The predicted molar refractivity (Wildman–Crippen MR) is 129 cm³/mol. The molecular formula is C27H31F3N4O2. The zero-order chi connectivity index (χ0) is 25.3. The summed E-state index contributed by atoms with van der Waals surface area (Å²) in [5, 5.41) is 0. The third-order valence-corrected chi connectivity index (χ3v) is 7.89. The molecule has 4 aliphatic rings. The van der Waals surface area contributed by atoms with E-state index < -0.39 is 17.8 Å². The Bertz CT molecular complexity index is 1090. The molecule has 1 aromatic heterocycles. The van der Waals surface area contributed by atoms with Gasteiger partial charge in [-0.1, -0.05) is 30.7 Å². The van der Waals surface area contributed by atoms with Crippen LogP contribution >= 0.6 is 0 Å². The van der Waals surface area contributed by atoms with Crippen LogP contribution in [-0.2, 0) is 9.59 Å². The van der Waals surface area contributed by atoms with Crippen LogP contribution in [0.3, 0.4) is 0 Å². The summed E-state index contributed by atoms with van der Waals surface area (Å²) in [6.45, 7) is 1.13. The maximum absolute atomic E-state index is 13.6. The lowest BCUT2D eigenvalue weighted by molar-refractivity contribution is -0.160. The zero-order valence-electron chi connectivity index (χ0n) is 20.2. The lowest BCUT2D eigenvalue weighted by Crippen LogP contribution is -2.53. The molecule has 5 rings (SSSR count). The Kier molecular flexibility index (Phi) is 6.74. The Balaban J connectivity index is 1.33. The second-order valence-corrected chi connectivity index (χ2v) is 10.2. The summed E-state index contributed by atoms with van der Waals surface area (Å²) in [4.78, 5) is 39.7. The SMILES string of the molecule is O=C(CN1C(=O)C(C2=CCC(C(F)(F)F)C=C2)=NC12CCCCC2)N1CCCC(c2ccccn2)C1. The summed E-state index contributed by atoms with van der Waals surface area (Å²) in [6.07, 6.45) is 7.14. The minimum absolute atomic E-state index is 0.0665. The molecule has 2 aliphatic carbocycles. The van der Waals surface area contributed by atoms with Gasteiger partial charge >= 0.3 is 6.18 Å². The van der Waals surface area contributed by atoms with Gasteiger partial charge in [-0.05, 0) is 57.1 Å². The summed E-state index contributed by atoms with van der Waals surface area (Å²) >= 11 is 0. The molecule has 1 saturated carbocycles. The smallest absolute Gasteiger partial charge is 0.340 e. The number of allylic oxidation sites excluding steroid dienone is 3. The Morgan fingerprint density at radius 2 is 1.94 bits per heavy atom. The van der Waals surface area contributed by atoms with E-state index in [-0.39, 0.29) is 36.4 Å². The highest BCUT2D eigenvalue weighted by molar-refractivity contribution is 6.47. The topological polar surface area (TPSA) is 65.9 Å². The molecule has 1 aromatic rings. The highest BCUT2D eigenvalue weighted by Gasteiger charge is 2.49. The molecule has 3 heterocycles. The number of alkyl halides is 3. The number of carbonyl (C=O) groups excluding carboxylic acids is 2. The van der Waals surface area contributed by atoms with Crippen LogP contribution in [0.25, 0.3) is 0 Å². The van der Waals surface area contributed by atoms with Crippen LogP contribution in [0.4, 0.5) is 13.2 Å². The highest BCUT2D eigenvalue weighted by atomic mass is 19.4. The third kappa shape index (κ3) is 4.84. The van der Waals surface area contributed by atoms with Gasteiger partial charge in [-0.15, -0.1) is 0 Å². The average molecular weight is 501 g/mol. The molecule has 36 heavy (non-hydrogen) atoms. The molecule has 0 aromatic carbocycles. The van der Waals surface area contributed by atoms with Gasteiger partial charge in [0.05, 0.1) is 5.92 Å². The van der Waals surface area contributed by atoms with E-state index in [1.165, 1.54) is 12.2 Å². The van der Waals surface area contributed by atoms with E-state index in [9.17, 15) is 22.8 Å². The van der Waals surface area contributed by atoms with E-state index in [2.05, 4.69) is 4.98 Å².